The van der Waals surface area contributed by atoms with Crippen LogP contribution in [0.25, 0.3) is 21.5 Å². The van der Waals surface area contributed by atoms with Gasteiger partial charge in [-0.25, -0.2) is 13.8 Å². The number of fused-ring (bicyclic) bond motifs is 2. The van der Waals surface area contributed by atoms with Gasteiger partial charge in [-0.2, -0.15) is 0 Å². The predicted molar refractivity (Wildman–Crippen MR) is 128 cm³/mol. The van der Waals surface area contributed by atoms with Gasteiger partial charge >= 0.3 is 0 Å². The van der Waals surface area contributed by atoms with Crippen molar-refractivity contribution in [3.05, 3.63) is 87.5 Å². The van der Waals surface area contributed by atoms with E-state index in [0.29, 0.717) is 5.39 Å². The number of hydrogen-bond acceptors (Lipinski definition) is 3. The molecule has 0 saturated carbocycles. The number of halogens is 6. The van der Waals surface area contributed by atoms with Crippen LogP contribution in [0.4, 0.5) is 8.78 Å². The molecule has 152 valence electrons. The third-order valence-corrected chi connectivity index (χ3v) is 3.79. The molecule has 11 heteroatoms. The van der Waals surface area contributed by atoms with Crippen molar-refractivity contribution in [3.63, 3.8) is 0 Å². The highest BCUT2D eigenvalue weighted by atomic mass is 80.0. The molecule has 29 heavy (non-hydrogen) atoms. The largest absolute Gasteiger partial charge is 0.328 e. The highest BCUT2D eigenvalue weighted by Crippen LogP contribution is 2.68. The molecule has 0 amide bonds. The van der Waals surface area contributed by atoms with Gasteiger partial charge in [-0.1, -0.05) is 6.07 Å². The number of aromatic amines is 1. The summed E-state index contributed by atoms with van der Waals surface area (Å²) in [7, 11) is 0. The van der Waals surface area contributed by atoms with Crippen LogP contribution in [0.3, 0.4) is 0 Å². The summed E-state index contributed by atoms with van der Waals surface area (Å²) in [6.07, 6.45) is 3.27. The van der Waals surface area contributed by atoms with Gasteiger partial charge in [0.1, 0.15) is 16.2 Å². The van der Waals surface area contributed by atoms with E-state index >= 15 is 0 Å². The number of pyridine rings is 2. The zero-order chi connectivity index (χ0) is 21.6. The van der Waals surface area contributed by atoms with Gasteiger partial charge < -0.3 is 4.98 Å². The van der Waals surface area contributed by atoms with Crippen LogP contribution in [-0.2, 0) is 4.57 Å². The number of rotatable bonds is 0. The van der Waals surface area contributed by atoms with Crippen molar-refractivity contribution in [1.29, 1.82) is 0 Å². The van der Waals surface area contributed by atoms with Gasteiger partial charge in [0.2, 0.25) is 5.56 Å². The second kappa shape index (κ2) is 10.9. The van der Waals surface area contributed by atoms with E-state index in [1.807, 2.05) is 0 Å². The van der Waals surface area contributed by atoms with Crippen LogP contribution in [0.1, 0.15) is 0 Å². The molecule has 0 atom stereocenters. The molecule has 0 spiro atoms. The van der Waals surface area contributed by atoms with Gasteiger partial charge in [0.25, 0.3) is 3.25 Å². The minimum Gasteiger partial charge on any atom is -0.328 e. The van der Waals surface area contributed by atoms with E-state index in [-0.39, 0.29) is 17.2 Å². The summed E-state index contributed by atoms with van der Waals surface area (Å²) >= 11 is 11.5. The number of benzene rings is 2. The molecule has 1 N–H and O–H groups in total. The Morgan fingerprint density at radius 3 is 1.93 bits per heavy atom. The fraction of sp³-hybridized carbons (Fsp3) is 0. The number of hydrogen-bond donors (Lipinski definition) is 1. The van der Waals surface area contributed by atoms with E-state index in [0.717, 1.165) is 20.8 Å². The highest BCUT2D eigenvalue weighted by molar-refractivity contribution is 9.94. The Bertz CT molecular complexity index is 1200. The maximum Gasteiger partial charge on any atom is 0.268 e. The Kier molecular flexibility index (Phi) is 9.15. The average molecular weight is 676 g/mol. The minimum absolute atomic E-state index is 0.215. The maximum atomic E-state index is 12.7. The van der Waals surface area contributed by atoms with Crippen molar-refractivity contribution in [2.75, 3.05) is 0 Å². The molecular weight excluding hydrogens is 665 g/mol. The Hall–Kier alpha value is -0.930. The van der Waals surface area contributed by atoms with E-state index in [1.165, 1.54) is 30.3 Å². The van der Waals surface area contributed by atoms with Crippen LogP contribution >= 0.6 is 65.6 Å². The summed E-state index contributed by atoms with van der Waals surface area (Å²) in [6.45, 7) is 0. The molecule has 0 aliphatic carbocycles. The molecule has 0 fully saturated rings. The first-order valence-electron chi connectivity index (χ1n) is 7.69. The summed E-state index contributed by atoms with van der Waals surface area (Å²) in [5.41, 5.74) is -0.215. The zero-order valence-electron chi connectivity index (χ0n) is 14.3. The van der Waals surface area contributed by atoms with E-state index in [4.69, 9.17) is 0 Å². The third kappa shape index (κ3) is 9.17. The second-order valence-corrected chi connectivity index (χ2v) is 24.6. The monoisotopic (exact) mass is 672 g/mol. The highest BCUT2D eigenvalue weighted by Gasteiger charge is 2.00. The number of aromatic nitrogens is 2. The molecule has 2 heterocycles. The first-order chi connectivity index (χ1) is 13.5. The lowest BCUT2D eigenvalue weighted by molar-refractivity contribution is 0.603. The Labute approximate surface area is 196 Å². The van der Waals surface area contributed by atoms with Crippen LogP contribution in [-0.4, -0.2) is 9.97 Å². The van der Waals surface area contributed by atoms with Crippen LogP contribution < -0.4 is 5.56 Å². The van der Waals surface area contributed by atoms with Crippen molar-refractivity contribution in [2.45, 2.75) is 0 Å². The van der Waals surface area contributed by atoms with Crippen molar-refractivity contribution in [3.8, 4) is 0 Å². The van der Waals surface area contributed by atoms with E-state index < -0.39 is 3.25 Å². The van der Waals surface area contributed by atoms with Crippen LogP contribution in [0.2, 0.25) is 0 Å². The fourth-order valence-corrected chi connectivity index (χ4v) is 2.57. The van der Waals surface area contributed by atoms with Gasteiger partial charge in [-0.3, -0.25) is 9.36 Å². The smallest absolute Gasteiger partial charge is 0.268 e. The molecule has 0 bridgehead atoms. The van der Waals surface area contributed by atoms with Crippen molar-refractivity contribution in [1.82, 2.24) is 9.97 Å². The summed E-state index contributed by atoms with van der Waals surface area (Å²) in [5, 5.41) is 3.26. The molecule has 4 nitrogen and oxygen atoms in total. The number of H-pyrrole nitrogens is 1. The Morgan fingerprint density at radius 2 is 1.34 bits per heavy atom. The first-order valence-corrected chi connectivity index (χ1v) is 16.2. The molecule has 4 aromatic rings. The van der Waals surface area contributed by atoms with E-state index in [9.17, 15) is 18.1 Å². The van der Waals surface area contributed by atoms with E-state index in [2.05, 4.69) is 72.4 Å². The molecule has 0 aliphatic rings. The SMILES string of the molecule is Fc1ccc2cnc(Br)cc2c1.O=P(Br)(Br)Br.O=c1cc2cc(F)ccc2c[nH]1. The van der Waals surface area contributed by atoms with Gasteiger partial charge in [0.05, 0.1) is 0 Å². The lowest BCUT2D eigenvalue weighted by Crippen LogP contribution is -2.01. The van der Waals surface area contributed by atoms with Crippen molar-refractivity contribution < 1.29 is 13.3 Å². The fourth-order valence-electron chi connectivity index (χ4n) is 2.22. The molecule has 0 saturated heterocycles. The van der Waals surface area contributed by atoms with Gasteiger partial charge in [-0.05, 0) is 68.5 Å². The summed E-state index contributed by atoms with van der Waals surface area (Å²) in [4.78, 5) is 17.4. The molecule has 2 aromatic carbocycles. The molecule has 4 rings (SSSR count). The molecular formula is C18H11Br4F2N2O2P. The standard InChI is InChI=1S/C9H5BrFN.C9H6FNO.Br3OP/c10-9-4-7-3-8(11)2-1-6(7)5-12-9;10-8-2-1-6-5-11-9(12)4-7(6)3-8;1-5(2,3)4/h1-5H;1-5H,(H,11,12);. The summed E-state index contributed by atoms with van der Waals surface area (Å²) < 4.78 is 33.9. The van der Waals surface area contributed by atoms with Gasteiger partial charge in [-0.15, -0.1) is 0 Å². The normalized spacial score (nSPS) is 10.7. The number of nitrogens with zero attached hydrogens (tertiary/aromatic N) is 1. The molecule has 0 aliphatic heterocycles. The van der Waals surface area contributed by atoms with Crippen LogP contribution in [0.15, 0.2) is 70.3 Å². The molecule has 0 unspecified atom stereocenters. The van der Waals surface area contributed by atoms with E-state index in [1.54, 1.807) is 30.6 Å². The first kappa shape index (κ1) is 24.3. The summed E-state index contributed by atoms with van der Waals surface area (Å²) in [5.74, 6) is -0.547. The van der Waals surface area contributed by atoms with Crippen LogP contribution in [0, 0.1) is 11.6 Å². The lowest BCUT2D eigenvalue weighted by Gasteiger charge is -1.96. The Morgan fingerprint density at radius 1 is 0.828 bits per heavy atom. The van der Waals surface area contributed by atoms with Gasteiger partial charge in [0, 0.05) is 70.3 Å². The number of nitrogens with one attached hydrogen (secondary N) is 1. The minimum atomic E-state index is -2.20. The van der Waals surface area contributed by atoms with Crippen molar-refractivity contribution >= 4 is 87.2 Å². The topological polar surface area (TPSA) is 62.8 Å². The molecule has 2 aromatic heterocycles. The Balaban J connectivity index is 0.000000170. The second-order valence-electron chi connectivity index (χ2n) is 5.47. The third-order valence-electron chi connectivity index (χ3n) is 3.36. The maximum absolute atomic E-state index is 12.7. The van der Waals surface area contributed by atoms with Gasteiger partial charge in [0.15, 0.2) is 0 Å². The summed E-state index contributed by atoms with van der Waals surface area (Å²) in [6, 6.07) is 12.1. The molecule has 0 radical (unpaired) electrons. The lowest BCUT2D eigenvalue weighted by atomic mass is 10.2. The van der Waals surface area contributed by atoms with Crippen LogP contribution in [0.5, 0.6) is 0 Å². The quantitative estimate of drug-likeness (QED) is 0.152. The average Bonchev–Trinajstić information content (AvgIpc) is 2.60. The predicted octanol–water partition coefficient (Wildman–Crippen LogP) is 8.08. The zero-order valence-corrected chi connectivity index (χ0v) is 21.5. The van der Waals surface area contributed by atoms with Crippen molar-refractivity contribution in [2.24, 2.45) is 0 Å².